The van der Waals surface area contributed by atoms with E-state index in [0.29, 0.717) is 31.7 Å². The number of thioether (sulfide) groups is 1. The van der Waals surface area contributed by atoms with Crippen molar-refractivity contribution in [2.75, 3.05) is 6.54 Å². The van der Waals surface area contributed by atoms with Crippen molar-refractivity contribution in [3.05, 3.63) is 11.6 Å². The standard InChI is InChI=1S/C12H17NO3S.C6H14N2O2/c1-7-2-3-8(12(15)16)9(6-7)10(14)11-13-4-5-17-11;7-4-2-1-3-5(8)6(9)10/h4-5,7-9,11,13H,2-3,6H2,1H3,(H,15,16);5H,1-4,7-8H2,(H,9,10)/t;5-/m.0/s1. The van der Waals surface area contributed by atoms with E-state index in [1.54, 1.807) is 6.20 Å². The molecule has 2 aliphatic rings. The van der Waals surface area contributed by atoms with Gasteiger partial charge in [-0.3, -0.25) is 14.4 Å². The van der Waals surface area contributed by atoms with Gasteiger partial charge in [-0.2, -0.15) is 0 Å². The second-order valence-corrected chi connectivity index (χ2v) is 8.10. The average Bonchev–Trinajstić information content (AvgIpc) is 3.16. The van der Waals surface area contributed by atoms with Crippen LogP contribution in [0.3, 0.4) is 0 Å². The van der Waals surface area contributed by atoms with Crippen molar-refractivity contribution >= 4 is 29.5 Å². The molecule has 2 rings (SSSR count). The Morgan fingerprint density at radius 1 is 1.22 bits per heavy atom. The zero-order valence-corrected chi connectivity index (χ0v) is 16.5. The molecular weight excluding hydrogens is 370 g/mol. The molecule has 9 heteroatoms. The van der Waals surface area contributed by atoms with E-state index in [-0.39, 0.29) is 17.1 Å². The van der Waals surface area contributed by atoms with Gasteiger partial charge in [-0.1, -0.05) is 25.1 Å². The summed E-state index contributed by atoms with van der Waals surface area (Å²) in [6.07, 6.45) is 6.14. The highest BCUT2D eigenvalue weighted by Crippen LogP contribution is 2.36. The third kappa shape index (κ3) is 7.90. The van der Waals surface area contributed by atoms with Gasteiger partial charge in [0.1, 0.15) is 11.4 Å². The number of carboxylic acid groups (broad SMARTS) is 2. The normalized spacial score (nSPS) is 27.8. The fraction of sp³-hybridized carbons (Fsp3) is 0.722. The Bertz CT molecular complexity index is 535. The summed E-state index contributed by atoms with van der Waals surface area (Å²) in [5, 5.41) is 22.0. The zero-order chi connectivity index (χ0) is 20.4. The Balaban J connectivity index is 0.000000314. The summed E-state index contributed by atoms with van der Waals surface area (Å²) in [6, 6.07) is -0.716. The SMILES string of the molecule is CC1CCC(C(=O)O)C(C(=O)C2NC=CS2)C1.NCCCC[C@H](N)C(=O)O. The topological polar surface area (TPSA) is 156 Å². The minimum Gasteiger partial charge on any atom is -0.481 e. The van der Waals surface area contributed by atoms with Crippen molar-refractivity contribution < 1.29 is 24.6 Å². The van der Waals surface area contributed by atoms with E-state index in [2.05, 4.69) is 12.2 Å². The third-order valence-corrected chi connectivity index (χ3v) is 5.80. The predicted octanol–water partition coefficient (Wildman–Crippen LogP) is 1.35. The maximum absolute atomic E-state index is 12.3. The average molecular weight is 402 g/mol. The summed E-state index contributed by atoms with van der Waals surface area (Å²) in [4.78, 5) is 33.6. The van der Waals surface area contributed by atoms with Gasteiger partial charge < -0.3 is 27.0 Å². The van der Waals surface area contributed by atoms with Crippen molar-refractivity contribution in [1.82, 2.24) is 5.32 Å². The van der Waals surface area contributed by atoms with Crippen LogP contribution in [0, 0.1) is 17.8 Å². The van der Waals surface area contributed by atoms with Crippen LogP contribution in [0.1, 0.15) is 45.4 Å². The van der Waals surface area contributed by atoms with Gasteiger partial charge in [0.25, 0.3) is 0 Å². The summed E-state index contributed by atoms with van der Waals surface area (Å²) in [6.45, 7) is 2.69. The lowest BCUT2D eigenvalue weighted by Gasteiger charge is -2.32. The maximum atomic E-state index is 12.3. The number of unbranched alkanes of at least 4 members (excludes halogenated alkanes) is 1. The summed E-state index contributed by atoms with van der Waals surface area (Å²) in [7, 11) is 0. The molecule has 8 nitrogen and oxygen atoms in total. The first-order chi connectivity index (χ1) is 12.8. The first-order valence-corrected chi connectivity index (χ1v) is 10.2. The quantitative estimate of drug-likeness (QED) is 0.379. The number of ketones is 1. The van der Waals surface area contributed by atoms with Gasteiger partial charge in [0.2, 0.25) is 0 Å². The number of aliphatic carboxylic acids is 2. The molecule has 0 radical (unpaired) electrons. The maximum Gasteiger partial charge on any atom is 0.320 e. The van der Waals surface area contributed by atoms with Crippen molar-refractivity contribution in [3.8, 4) is 0 Å². The van der Waals surface area contributed by atoms with Gasteiger partial charge in [-0.15, -0.1) is 0 Å². The van der Waals surface area contributed by atoms with Crippen molar-refractivity contribution in [3.63, 3.8) is 0 Å². The van der Waals surface area contributed by atoms with Crippen LogP contribution in [0.4, 0.5) is 0 Å². The number of carbonyl (C=O) groups excluding carboxylic acids is 1. The molecule has 27 heavy (non-hydrogen) atoms. The molecule has 0 amide bonds. The van der Waals surface area contributed by atoms with Crippen LogP contribution in [0.5, 0.6) is 0 Å². The van der Waals surface area contributed by atoms with Crippen LogP contribution in [-0.2, 0) is 14.4 Å². The molecule has 1 fully saturated rings. The summed E-state index contributed by atoms with van der Waals surface area (Å²) in [5.41, 5.74) is 10.4. The summed E-state index contributed by atoms with van der Waals surface area (Å²) >= 11 is 1.42. The number of carbonyl (C=O) groups is 3. The minimum absolute atomic E-state index is 0.0407. The number of nitrogens with one attached hydrogen (secondary N) is 1. The Labute approximate surface area is 164 Å². The number of rotatable bonds is 8. The molecule has 7 N–H and O–H groups in total. The number of hydrogen-bond donors (Lipinski definition) is 5. The van der Waals surface area contributed by atoms with Crippen LogP contribution in [0.25, 0.3) is 0 Å². The molecule has 0 aromatic carbocycles. The number of carboxylic acids is 2. The summed E-state index contributed by atoms with van der Waals surface area (Å²) in [5.74, 6) is -2.11. The lowest BCUT2D eigenvalue weighted by atomic mass is 9.72. The van der Waals surface area contributed by atoms with Crippen molar-refractivity contribution in [2.24, 2.45) is 29.2 Å². The molecule has 0 bridgehead atoms. The molecule has 0 spiro atoms. The lowest BCUT2D eigenvalue weighted by molar-refractivity contribution is -0.149. The predicted molar refractivity (Wildman–Crippen MR) is 105 cm³/mol. The highest BCUT2D eigenvalue weighted by atomic mass is 32.2. The van der Waals surface area contributed by atoms with Crippen LogP contribution < -0.4 is 16.8 Å². The first kappa shape index (κ1) is 23.5. The number of hydrogen-bond acceptors (Lipinski definition) is 7. The molecule has 1 aliphatic carbocycles. The lowest BCUT2D eigenvalue weighted by Crippen LogP contribution is -2.41. The second-order valence-electron chi connectivity index (χ2n) is 7.09. The molecule has 0 aromatic heterocycles. The second kappa shape index (κ2) is 12.0. The largest absolute Gasteiger partial charge is 0.481 e. The van der Waals surface area contributed by atoms with E-state index in [4.69, 9.17) is 16.6 Å². The van der Waals surface area contributed by atoms with E-state index < -0.39 is 23.9 Å². The Morgan fingerprint density at radius 3 is 2.44 bits per heavy atom. The van der Waals surface area contributed by atoms with Crippen molar-refractivity contribution in [2.45, 2.75) is 56.9 Å². The molecule has 0 saturated heterocycles. The van der Waals surface area contributed by atoms with Gasteiger partial charge in [0.05, 0.1) is 5.92 Å². The van der Waals surface area contributed by atoms with Crippen LogP contribution in [0.2, 0.25) is 0 Å². The third-order valence-electron chi connectivity index (χ3n) is 4.87. The number of nitrogens with two attached hydrogens (primary N) is 2. The van der Waals surface area contributed by atoms with Crippen LogP contribution in [-0.4, -0.2) is 45.9 Å². The van der Waals surface area contributed by atoms with Crippen LogP contribution in [0.15, 0.2) is 11.6 Å². The molecule has 154 valence electrons. The molecule has 1 saturated carbocycles. The van der Waals surface area contributed by atoms with Gasteiger partial charge in [0.15, 0.2) is 5.78 Å². The smallest absolute Gasteiger partial charge is 0.320 e. The minimum atomic E-state index is -0.933. The van der Waals surface area contributed by atoms with Crippen molar-refractivity contribution in [1.29, 1.82) is 0 Å². The first-order valence-electron chi connectivity index (χ1n) is 9.29. The highest BCUT2D eigenvalue weighted by Gasteiger charge is 2.40. The van der Waals surface area contributed by atoms with Gasteiger partial charge in [0, 0.05) is 12.1 Å². The fourth-order valence-corrected chi connectivity index (χ4v) is 4.03. The molecule has 1 heterocycles. The molecule has 1 aliphatic heterocycles. The van der Waals surface area contributed by atoms with Crippen LogP contribution >= 0.6 is 11.8 Å². The summed E-state index contributed by atoms with van der Waals surface area (Å²) < 4.78 is 0. The van der Waals surface area contributed by atoms with E-state index in [9.17, 15) is 19.5 Å². The Hall–Kier alpha value is -1.58. The van der Waals surface area contributed by atoms with E-state index >= 15 is 0 Å². The van der Waals surface area contributed by atoms with E-state index in [0.717, 1.165) is 19.3 Å². The van der Waals surface area contributed by atoms with E-state index in [1.165, 1.54) is 11.8 Å². The Morgan fingerprint density at radius 2 is 1.93 bits per heavy atom. The highest BCUT2D eigenvalue weighted by molar-refractivity contribution is 8.03. The molecular formula is C18H31N3O5S. The van der Waals surface area contributed by atoms with E-state index in [1.807, 2.05) is 5.41 Å². The monoisotopic (exact) mass is 401 g/mol. The Kier molecular flexibility index (Phi) is 10.4. The molecule has 0 aromatic rings. The molecule has 4 unspecified atom stereocenters. The van der Waals surface area contributed by atoms with Gasteiger partial charge in [-0.05, 0) is 50.0 Å². The molecule has 5 atom stereocenters. The van der Waals surface area contributed by atoms with Gasteiger partial charge in [-0.25, -0.2) is 0 Å². The zero-order valence-electron chi connectivity index (χ0n) is 15.7. The van der Waals surface area contributed by atoms with Gasteiger partial charge >= 0.3 is 11.9 Å². The fourth-order valence-electron chi connectivity index (χ4n) is 3.25. The number of Topliss-reactive ketones (excluding diaryl/α,β-unsaturated/α-hetero) is 1.